The second-order valence-corrected chi connectivity index (χ2v) is 3.23. The molecule has 0 bridgehead atoms. The Balaban J connectivity index is 2.39. The lowest BCUT2D eigenvalue weighted by molar-refractivity contribution is -0.00313. The van der Waals surface area contributed by atoms with Crippen LogP contribution in [0.15, 0.2) is 0 Å². The van der Waals surface area contributed by atoms with Crippen LogP contribution in [0.25, 0.3) is 0 Å². The topological polar surface area (TPSA) is 38.7 Å². The number of hydrogen-bond donors (Lipinski definition) is 1. The number of rotatable bonds is 4. The van der Waals surface area contributed by atoms with Crippen molar-refractivity contribution in [2.45, 2.75) is 37.9 Å². The van der Waals surface area contributed by atoms with Gasteiger partial charge in [0.2, 0.25) is 0 Å². The molecule has 0 saturated carbocycles. The highest BCUT2D eigenvalue weighted by Gasteiger charge is 2.33. The monoisotopic (exact) mass is 172 g/mol. The van der Waals surface area contributed by atoms with E-state index < -0.39 is 0 Å². The molecule has 70 valence electrons. The van der Waals surface area contributed by atoms with Gasteiger partial charge in [-0.15, -0.1) is 0 Å². The first-order chi connectivity index (χ1) is 5.81. The first-order valence-corrected chi connectivity index (χ1v) is 4.61. The summed E-state index contributed by atoms with van der Waals surface area (Å²) in [5.74, 6) is 0. The van der Waals surface area contributed by atoms with Gasteiger partial charge in [0, 0.05) is 19.7 Å². The third-order valence-corrected chi connectivity index (χ3v) is 2.45. The van der Waals surface area contributed by atoms with Crippen molar-refractivity contribution in [1.29, 1.82) is 0 Å². The molecule has 0 spiro atoms. The maximum absolute atomic E-state index is 8.76. The summed E-state index contributed by atoms with van der Waals surface area (Å²) in [4.78, 5) is 0. The van der Waals surface area contributed by atoms with Gasteiger partial charge in [-0.3, -0.25) is 0 Å². The lowest BCUT2D eigenvalue weighted by Crippen LogP contribution is -2.24. The van der Waals surface area contributed by atoms with Gasteiger partial charge in [0.15, 0.2) is 7.28 Å². The smallest absolute Gasteiger partial charge is 0.154 e. The predicted octanol–water partition coefficient (Wildman–Crippen LogP) is -0.0166. The summed E-state index contributed by atoms with van der Waals surface area (Å²) >= 11 is 0. The number of hydrogen-bond acceptors (Lipinski definition) is 3. The Morgan fingerprint density at radius 3 is 2.92 bits per heavy atom. The molecule has 3 atom stereocenters. The lowest BCUT2D eigenvalue weighted by atomic mass is 9.73. The van der Waals surface area contributed by atoms with Crippen molar-refractivity contribution in [1.82, 2.24) is 0 Å². The van der Waals surface area contributed by atoms with Crippen molar-refractivity contribution >= 4 is 7.28 Å². The molecule has 0 aromatic carbocycles. The molecular formula is C8H17BO3. The summed E-state index contributed by atoms with van der Waals surface area (Å²) in [7, 11) is 2.73. The molecule has 0 aromatic rings. The van der Waals surface area contributed by atoms with E-state index in [0.29, 0.717) is 12.4 Å². The summed E-state index contributed by atoms with van der Waals surface area (Å²) < 4.78 is 10.9. The molecule has 0 radical (unpaired) electrons. The standard InChI is InChI=1S/C8H17BO3/c1-9-8-5-7(11-2)6(12-8)3-4-10/h6-10H,3-5H2,1-2H3/t6-,7?,8-/m1/s1. The third-order valence-electron chi connectivity index (χ3n) is 2.45. The third kappa shape index (κ3) is 2.22. The fraction of sp³-hybridized carbons (Fsp3) is 1.00. The minimum absolute atomic E-state index is 0.102. The van der Waals surface area contributed by atoms with Gasteiger partial charge in [-0.25, -0.2) is 0 Å². The molecule has 4 heteroatoms. The van der Waals surface area contributed by atoms with Crippen molar-refractivity contribution in [2.24, 2.45) is 0 Å². The Labute approximate surface area is 74.3 Å². The van der Waals surface area contributed by atoms with Gasteiger partial charge < -0.3 is 14.6 Å². The molecule has 1 aliphatic heterocycles. The minimum atomic E-state index is 0.102. The van der Waals surface area contributed by atoms with E-state index in [2.05, 4.69) is 6.82 Å². The highest BCUT2D eigenvalue weighted by atomic mass is 16.6. The molecule has 0 aromatic heterocycles. The van der Waals surface area contributed by atoms with Crippen LogP contribution >= 0.6 is 0 Å². The van der Waals surface area contributed by atoms with Gasteiger partial charge in [0.1, 0.15) is 0 Å². The number of aliphatic hydroxyl groups excluding tert-OH is 1. The van der Waals surface area contributed by atoms with Crippen molar-refractivity contribution < 1.29 is 14.6 Å². The molecule has 1 N–H and O–H groups in total. The Hall–Kier alpha value is -0.0551. The van der Waals surface area contributed by atoms with E-state index in [1.165, 1.54) is 0 Å². The number of ether oxygens (including phenoxy) is 2. The van der Waals surface area contributed by atoms with Crippen LogP contribution in [-0.2, 0) is 9.47 Å². The predicted molar refractivity (Wildman–Crippen MR) is 48.8 cm³/mol. The zero-order valence-electron chi connectivity index (χ0n) is 7.82. The SMILES string of the molecule is CB[C@H]1CC(OC)[C@@H](CCO)O1. The maximum Gasteiger partial charge on any atom is 0.154 e. The summed E-state index contributed by atoms with van der Waals surface area (Å²) in [6.45, 7) is 2.29. The van der Waals surface area contributed by atoms with Crippen LogP contribution in [0.2, 0.25) is 6.82 Å². The Kier molecular flexibility index (Phi) is 4.05. The van der Waals surface area contributed by atoms with Gasteiger partial charge >= 0.3 is 0 Å². The van der Waals surface area contributed by atoms with Crippen molar-refractivity contribution in [2.75, 3.05) is 13.7 Å². The van der Waals surface area contributed by atoms with Crippen LogP contribution in [0.1, 0.15) is 12.8 Å². The highest BCUT2D eigenvalue weighted by Crippen LogP contribution is 2.24. The summed E-state index contributed by atoms with van der Waals surface area (Å²) in [5.41, 5.74) is 0. The van der Waals surface area contributed by atoms with Crippen LogP contribution in [0, 0.1) is 0 Å². The second-order valence-electron chi connectivity index (χ2n) is 3.23. The molecule has 1 fully saturated rings. The second kappa shape index (κ2) is 4.85. The van der Waals surface area contributed by atoms with Gasteiger partial charge in [0.05, 0.1) is 12.2 Å². The maximum atomic E-state index is 8.76. The molecular weight excluding hydrogens is 155 g/mol. The van der Waals surface area contributed by atoms with E-state index in [9.17, 15) is 0 Å². The van der Waals surface area contributed by atoms with Crippen molar-refractivity contribution in [3.8, 4) is 0 Å². The highest BCUT2D eigenvalue weighted by molar-refractivity contribution is 6.35. The number of aliphatic hydroxyl groups is 1. The Morgan fingerprint density at radius 1 is 1.67 bits per heavy atom. The van der Waals surface area contributed by atoms with E-state index in [1.54, 1.807) is 7.11 Å². The average molecular weight is 172 g/mol. The average Bonchev–Trinajstić information content (AvgIpc) is 2.48. The zero-order valence-corrected chi connectivity index (χ0v) is 7.82. The van der Waals surface area contributed by atoms with E-state index in [4.69, 9.17) is 14.6 Å². The van der Waals surface area contributed by atoms with E-state index in [1.807, 2.05) is 0 Å². The molecule has 1 rings (SSSR count). The Bertz CT molecular complexity index is 131. The van der Waals surface area contributed by atoms with Crippen LogP contribution < -0.4 is 0 Å². The number of methoxy groups -OCH3 is 1. The summed E-state index contributed by atoms with van der Waals surface area (Å²) in [5, 5.41) is 8.76. The van der Waals surface area contributed by atoms with Crippen LogP contribution in [-0.4, -0.2) is 44.3 Å². The van der Waals surface area contributed by atoms with Crippen LogP contribution in [0.4, 0.5) is 0 Å². The first kappa shape index (κ1) is 10.0. The Morgan fingerprint density at radius 2 is 2.42 bits per heavy atom. The minimum Gasteiger partial charge on any atom is -0.396 e. The lowest BCUT2D eigenvalue weighted by Gasteiger charge is -2.15. The molecule has 0 aliphatic carbocycles. The molecule has 1 saturated heterocycles. The van der Waals surface area contributed by atoms with Gasteiger partial charge in [-0.2, -0.15) is 0 Å². The van der Waals surface area contributed by atoms with Crippen LogP contribution in [0.5, 0.6) is 0 Å². The summed E-state index contributed by atoms with van der Waals surface area (Å²) in [6, 6.07) is 0.325. The molecule has 12 heavy (non-hydrogen) atoms. The van der Waals surface area contributed by atoms with Gasteiger partial charge in [0.25, 0.3) is 0 Å². The summed E-state index contributed by atoms with van der Waals surface area (Å²) in [6.07, 6.45) is 1.94. The van der Waals surface area contributed by atoms with Gasteiger partial charge in [-0.1, -0.05) is 6.82 Å². The first-order valence-electron chi connectivity index (χ1n) is 4.61. The van der Waals surface area contributed by atoms with Crippen molar-refractivity contribution in [3.63, 3.8) is 0 Å². The largest absolute Gasteiger partial charge is 0.396 e. The van der Waals surface area contributed by atoms with Crippen molar-refractivity contribution in [3.05, 3.63) is 0 Å². The fourth-order valence-electron chi connectivity index (χ4n) is 1.69. The molecule has 1 heterocycles. The normalized spacial score (nSPS) is 35.4. The quantitative estimate of drug-likeness (QED) is 0.606. The van der Waals surface area contributed by atoms with Crippen LogP contribution in [0.3, 0.4) is 0 Å². The van der Waals surface area contributed by atoms with E-state index in [-0.39, 0.29) is 18.8 Å². The van der Waals surface area contributed by atoms with E-state index >= 15 is 0 Å². The molecule has 1 aliphatic rings. The fourth-order valence-corrected chi connectivity index (χ4v) is 1.69. The molecule has 1 unspecified atom stereocenters. The molecule has 3 nitrogen and oxygen atoms in total. The molecule has 0 amide bonds. The van der Waals surface area contributed by atoms with Gasteiger partial charge in [-0.05, 0) is 12.8 Å². The zero-order chi connectivity index (χ0) is 8.97. The van der Waals surface area contributed by atoms with E-state index in [0.717, 1.165) is 13.7 Å².